The minimum Gasteiger partial charge on any atom is -0.179 e. The van der Waals surface area contributed by atoms with Crippen LogP contribution in [0.5, 0.6) is 0 Å². The minimum atomic E-state index is 0.907. The number of hydrogen-bond donors (Lipinski definition) is 6. The molecular weight excluding hydrogens is 481 g/mol. The fourth-order valence-electron chi connectivity index (χ4n) is 3.34. The van der Waals surface area contributed by atoms with Gasteiger partial charge in [-0.15, -0.1) is 0 Å². The molecule has 0 aliphatic rings. The lowest BCUT2D eigenvalue weighted by atomic mass is 9.99. The normalized spacial score (nSPS) is 10.6. The van der Waals surface area contributed by atoms with Gasteiger partial charge in [0.1, 0.15) is 0 Å². The molecule has 0 aliphatic heterocycles. The van der Waals surface area contributed by atoms with Crippen molar-refractivity contribution in [3.63, 3.8) is 0 Å². The second-order valence-corrected chi connectivity index (χ2v) is 9.79. The Hall–Kier alpha value is 0.540. The first-order valence-corrected chi connectivity index (χ1v) is 14.3. The predicted octanol–water partition coefficient (Wildman–Crippen LogP) is 6.21. The summed E-state index contributed by atoms with van der Waals surface area (Å²) in [5.41, 5.74) is 8.40. The van der Waals surface area contributed by atoms with E-state index in [0.29, 0.717) is 0 Å². The Morgan fingerprint density at radius 2 is 0.733 bits per heavy atom. The Morgan fingerprint density at radius 3 is 1.13 bits per heavy atom. The van der Waals surface area contributed by atoms with Crippen LogP contribution >= 0.6 is 75.8 Å². The Kier molecular flexibility index (Phi) is 17.2. The molecule has 0 amide bonds. The van der Waals surface area contributed by atoms with Crippen LogP contribution in [0.25, 0.3) is 0 Å². The van der Waals surface area contributed by atoms with Crippen molar-refractivity contribution in [3.8, 4) is 0 Å². The molecule has 0 atom stereocenters. The van der Waals surface area contributed by atoms with Gasteiger partial charge in [-0.2, -0.15) is 75.8 Å². The van der Waals surface area contributed by atoms with Crippen molar-refractivity contribution in [1.29, 1.82) is 0 Å². The maximum absolute atomic E-state index is 4.30. The Labute approximate surface area is 217 Å². The highest BCUT2D eigenvalue weighted by atomic mass is 32.1. The summed E-state index contributed by atoms with van der Waals surface area (Å²) < 4.78 is 0. The SMILES string of the molecule is SCCc1cc(CCS)cc(CCS)c1.SCCc1ccc(CCS)c(CCS)c1. The average molecular weight is 517 g/mol. The molecule has 0 saturated heterocycles. The van der Waals surface area contributed by atoms with Crippen LogP contribution in [-0.2, 0) is 38.5 Å². The third kappa shape index (κ3) is 11.4. The molecule has 0 fully saturated rings. The lowest BCUT2D eigenvalue weighted by Gasteiger charge is -2.09. The summed E-state index contributed by atoms with van der Waals surface area (Å²) in [5.74, 6) is 5.45. The third-order valence-electron chi connectivity index (χ3n) is 4.75. The standard InChI is InChI=1S/2C12H18S3/c13-4-1-10-7-11(2-5-14)9-12(8-10)3-6-15;13-6-3-10-1-2-11(4-7-14)12(9-10)5-8-15/h7-9,13-15H,1-6H2;1-2,9,13-15H,3-8H2. The maximum atomic E-state index is 4.30. The number of thiol groups is 6. The van der Waals surface area contributed by atoms with Crippen LogP contribution in [0, 0.1) is 0 Å². The fraction of sp³-hybridized carbons (Fsp3) is 0.500. The quantitative estimate of drug-likeness (QED) is 0.178. The van der Waals surface area contributed by atoms with Gasteiger partial charge >= 0.3 is 0 Å². The van der Waals surface area contributed by atoms with Crippen molar-refractivity contribution < 1.29 is 0 Å². The molecule has 0 aromatic heterocycles. The Morgan fingerprint density at radius 1 is 0.367 bits per heavy atom. The lowest BCUT2D eigenvalue weighted by Crippen LogP contribution is -1.99. The van der Waals surface area contributed by atoms with E-state index in [0.717, 1.165) is 73.0 Å². The molecule has 0 bridgehead atoms. The van der Waals surface area contributed by atoms with Crippen LogP contribution in [0.4, 0.5) is 0 Å². The second-order valence-electron chi connectivity index (χ2n) is 7.10. The predicted molar refractivity (Wildman–Crippen MR) is 158 cm³/mol. The number of benzene rings is 2. The summed E-state index contributed by atoms with van der Waals surface area (Å²) in [6.07, 6.45) is 6.28. The molecule has 2 aromatic rings. The van der Waals surface area contributed by atoms with Gasteiger partial charge in [0.25, 0.3) is 0 Å². The van der Waals surface area contributed by atoms with E-state index in [1.165, 1.54) is 33.4 Å². The first kappa shape index (κ1) is 28.6. The molecule has 0 nitrogen and oxygen atoms in total. The summed E-state index contributed by atoms with van der Waals surface area (Å²) in [6, 6.07) is 13.5. The first-order chi connectivity index (χ1) is 14.6. The summed E-state index contributed by atoms with van der Waals surface area (Å²) in [4.78, 5) is 0. The number of hydrogen-bond acceptors (Lipinski definition) is 6. The lowest BCUT2D eigenvalue weighted by molar-refractivity contribution is 1.03. The zero-order valence-electron chi connectivity index (χ0n) is 17.6. The van der Waals surface area contributed by atoms with Gasteiger partial charge in [0.05, 0.1) is 0 Å². The van der Waals surface area contributed by atoms with Gasteiger partial charge in [0.15, 0.2) is 0 Å². The molecule has 2 rings (SSSR count). The number of rotatable bonds is 12. The van der Waals surface area contributed by atoms with E-state index in [1.54, 1.807) is 0 Å². The summed E-state index contributed by atoms with van der Waals surface area (Å²) in [7, 11) is 0. The molecule has 0 saturated carbocycles. The molecule has 0 spiro atoms. The van der Waals surface area contributed by atoms with Crippen molar-refractivity contribution in [3.05, 3.63) is 69.8 Å². The van der Waals surface area contributed by atoms with E-state index in [9.17, 15) is 0 Å². The van der Waals surface area contributed by atoms with Crippen LogP contribution in [0.3, 0.4) is 0 Å². The minimum absolute atomic E-state index is 0.907. The zero-order chi connectivity index (χ0) is 22.2. The van der Waals surface area contributed by atoms with E-state index in [-0.39, 0.29) is 0 Å². The van der Waals surface area contributed by atoms with Crippen molar-refractivity contribution in [2.45, 2.75) is 38.5 Å². The second kappa shape index (κ2) is 18.0. The first-order valence-electron chi connectivity index (χ1n) is 10.5. The molecule has 168 valence electrons. The van der Waals surface area contributed by atoms with Crippen LogP contribution in [0.2, 0.25) is 0 Å². The monoisotopic (exact) mass is 516 g/mol. The van der Waals surface area contributed by atoms with Gasteiger partial charge in [-0.1, -0.05) is 36.4 Å². The van der Waals surface area contributed by atoms with Crippen molar-refractivity contribution in [2.24, 2.45) is 0 Å². The fourth-order valence-corrected chi connectivity index (χ4v) is 4.86. The molecule has 0 N–H and O–H groups in total. The van der Waals surface area contributed by atoms with Gasteiger partial charge in [-0.05, 0) is 106 Å². The molecule has 0 heterocycles. The molecule has 0 radical (unpaired) electrons. The molecule has 2 aromatic carbocycles. The Balaban J connectivity index is 0.000000300. The maximum Gasteiger partial charge on any atom is -0.00573 e. The van der Waals surface area contributed by atoms with Gasteiger partial charge in [0, 0.05) is 0 Å². The summed E-state index contributed by atoms with van der Waals surface area (Å²) in [5, 5.41) is 0. The van der Waals surface area contributed by atoms with E-state index < -0.39 is 0 Å². The topological polar surface area (TPSA) is 0 Å². The van der Waals surface area contributed by atoms with Crippen molar-refractivity contribution in [2.75, 3.05) is 34.5 Å². The van der Waals surface area contributed by atoms with E-state index in [2.05, 4.69) is 112 Å². The van der Waals surface area contributed by atoms with Crippen LogP contribution < -0.4 is 0 Å². The van der Waals surface area contributed by atoms with Gasteiger partial charge in [0.2, 0.25) is 0 Å². The van der Waals surface area contributed by atoms with Crippen LogP contribution in [-0.4, -0.2) is 34.5 Å². The smallest absolute Gasteiger partial charge is 0.00573 e. The van der Waals surface area contributed by atoms with E-state index in [1.807, 2.05) is 0 Å². The molecule has 6 heteroatoms. The Bertz CT molecular complexity index is 657. The average Bonchev–Trinajstić information content (AvgIpc) is 2.72. The zero-order valence-corrected chi connectivity index (χ0v) is 23.0. The van der Waals surface area contributed by atoms with E-state index >= 15 is 0 Å². The molecule has 30 heavy (non-hydrogen) atoms. The summed E-state index contributed by atoms with van der Waals surface area (Å²) in [6.45, 7) is 0. The van der Waals surface area contributed by atoms with Crippen LogP contribution in [0.15, 0.2) is 36.4 Å². The highest BCUT2D eigenvalue weighted by Crippen LogP contribution is 2.16. The van der Waals surface area contributed by atoms with Gasteiger partial charge in [-0.25, -0.2) is 0 Å². The van der Waals surface area contributed by atoms with E-state index in [4.69, 9.17) is 0 Å². The molecule has 0 aliphatic carbocycles. The third-order valence-corrected chi connectivity index (χ3v) is 6.09. The van der Waals surface area contributed by atoms with Gasteiger partial charge in [-0.3, -0.25) is 0 Å². The highest BCUT2D eigenvalue weighted by Gasteiger charge is 2.03. The van der Waals surface area contributed by atoms with Crippen LogP contribution in [0.1, 0.15) is 33.4 Å². The largest absolute Gasteiger partial charge is 0.179 e. The summed E-state index contributed by atoms with van der Waals surface area (Å²) >= 11 is 25.7. The van der Waals surface area contributed by atoms with Crippen molar-refractivity contribution in [1.82, 2.24) is 0 Å². The number of aryl methyl sites for hydroxylation is 6. The van der Waals surface area contributed by atoms with Crippen molar-refractivity contribution >= 4 is 75.8 Å². The molecular formula is C24H36S6. The molecule has 0 unspecified atom stereocenters. The van der Waals surface area contributed by atoms with Gasteiger partial charge < -0.3 is 0 Å². The highest BCUT2D eigenvalue weighted by molar-refractivity contribution is 7.81.